The van der Waals surface area contributed by atoms with E-state index in [1.54, 1.807) is 17.0 Å². The lowest BCUT2D eigenvalue weighted by molar-refractivity contribution is -0.187. The Balaban J connectivity index is 1.80. The summed E-state index contributed by atoms with van der Waals surface area (Å²) in [5.74, 6) is -1.12. The third kappa shape index (κ3) is 4.18. The fourth-order valence-electron chi connectivity index (χ4n) is 4.39. The fraction of sp³-hybridized carbons (Fsp3) is 0.375. The first kappa shape index (κ1) is 21.1. The van der Waals surface area contributed by atoms with E-state index in [0.29, 0.717) is 12.0 Å². The van der Waals surface area contributed by atoms with Crippen LogP contribution in [0.25, 0.3) is 0 Å². The van der Waals surface area contributed by atoms with E-state index in [1.807, 2.05) is 43.3 Å². The number of carbonyl (C=O) groups is 3. The Bertz CT molecular complexity index is 1000. The quantitative estimate of drug-likeness (QED) is 0.702. The minimum absolute atomic E-state index is 0.0607. The molecule has 2 bridgehead atoms. The summed E-state index contributed by atoms with van der Waals surface area (Å²) < 4.78 is 17.1. The molecule has 0 N–H and O–H groups in total. The molecule has 2 aliphatic heterocycles. The molecule has 4 atom stereocenters. The predicted octanol–water partition coefficient (Wildman–Crippen LogP) is 3.35. The molecule has 0 unspecified atom stereocenters. The van der Waals surface area contributed by atoms with Crippen LogP contribution >= 0.6 is 0 Å². The number of ether oxygens (including phenoxy) is 3. The Morgan fingerprint density at radius 2 is 1.81 bits per heavy atom. The highest BCUT2D eigenvalue weighted by atomic mass is 16.6. The van der Waals surface area contributed by atoms with Crippen LogP contribution < -0.4 is 4.90 Å². The number of aryl methyl sites for hydroxylation is 1. The Morgan fingerprint density at radius 3 is 2.48 bits per heavy atom. The molecule has 1 fully saturated rings. The molecule has 7 nitrogen and oxygen atoms in total. The molecule has 0 spiro atoms. The van der Waals surface area contributed by atoms with Crippen LogP contribution in [0.5, 0.6) is 0 Å². The van der Waals surface area contributed by atoms with Crippen LogP contribution in [0.4, 0.5) is 5.69 Å². The number of fused-ring (bicyclic) bond motifs is 4. The zero-order chi connectivity index (χ0) is 22.1. The number of benzene rings is 2. The van der Waals surface area contributed by atoms with Crippen molar-refractivity contribution in [3.8, 4) is 0 Å². The maximum atomic E-state index is 13.6. The summed E-state index contributed by atoms with van der Waals surface area (Å²) in [6.45, 7) is 4.55. The lowest BCUT2D eigenvalue weighted by Crippen LogP contribution is -2.60. The second-order valence-corrected chi connectivity index (χ2v) is 7.95. The van der Waals surface area contributed by atoms with Crippen molar-refractivity contribution in [2.45, 2.75) is 51.5 Å². The van der Waals surface area contributed by atoms with Gasteiger partial charge >= 0.3 is 11.9 Å². The molecule has 0 saturated carbocycles. The van der Waals surface area contributed by atoms with Gasteiger partial charge < -0.3 is 19.1 Å². The third-order valence-corrected chi connectivity index (χ3v) is 5.65. The molecule has 0 radical (unpaired) electrons. The van der Waals surface area contributed by atoms with E-state index in [1.165, 1.54) is 13.8 Å². The Hall–Kier alpha value is -3.19. The molecule has 0 aromatic heterocycles. The third-order valence-electron chi connectivity index (χ3n) is 5.65. The molecule has 31 heavy (non-hydrogen) atoms. The maximum Gasteiger partial charge on any atom is 0.303 e. The van der Waals surface area contributed by atoms with Gasteiger partial charge in [-0.2, -0.15) is 0 Å². The topological polar surface area (TPSA) is 82.1 Å². The second-order valence-electron chi connectivity index (χ2n) is 7.95. The average molecular weight is 423 g/mol. The van der Waals surface area contributed by atoms with Gasteiger partial charge in [0, 0.05) is 31.4 Å². The number of nitrogens with zero attached hydrogens (tertiary/aromatic N) is 1. The largest absolute Gasteiger partial charge is 0.463 e. The second kappa shape index (κ2) is 8.51. The summed E-state index contributed by atoms with van der Waals surface area (Å²) in [6.07, 6.45) is -1.28. The van der Waals surface area contributed by atoms with Gasteiger partial charge in [-0.25, -0.2) is 0 Å². The first-order valence-electron chi connectivity index (χ1n) is 10.3. The van der Waals surface area contributed by atoms with Gasteiger partial charge in [0.05, 0.1) is 17.8 Å². The molecular weight excluding hydrogens is 398 g/mol. The summed E-state index contributed by atoms with van der Waals surface area (Å²) in [4.78, 5) is 38.6. The first-order valence-corrected chi connectivity index (χ1v) is 10.3. The van der Waals surface area contributed by atoms with Crippen molar-refractivity contribution in [1.29, 1.82) is 0 Å². The highest BCUT2D eigenvalue weighted by Gasteiger charge is 2.50. The smallest absolute Gasteiger partial charge is 0.303 e. The van der Waals surface area contributed by atoms with Crippen LogP contribution in [0.3, 0.4) is 0 Å². The highest BCUT2D eigenvalue weighted by molar-refractivity contribution is 6.07. The highest BCUT2D eigenvalue weighted by Crippen LogP contribution is 2.46. The molecule has 7 heteroatoms. The van der Waals surface area contributed by atoms with Gasteiger partial charge in [-0.1, -0.05) is 35.9 Å². The zero-order valence-corrected chi connectivity index (χ0v) is 17.7. The maximum absolute atomic E-state index is 13.6. The molecule has 162 valence electrons. The minimum Gasteiger partial charge on any atom is -0.463 e. The van der Waals surface area contributed by atoms with Crippen molar-refractivity contribution < 1.29 is 28.6 Å². The SMILES string of the molecule is CC(=O)OC[C@H]1O[C@@H]2C[C@H]([C@@H]1OC(C)=O)N(C(=O)c1ccccc1)c1ccc(C)cc12. The number of rotatable bonds is 4. The number of amides is 1. The lowest BCUT2D eigenvalue weighted by Gasteiger charge is -2.50. The predicted molar refractivity (Wildman–Crippen MR) is 113 cm³/mol. The molecule has 1 amide bonds. The molecular formula is C24H25NO6. The van der Waals surface area contributed by atoms with Gasteiger partial charge in [0.2, 0.25) is 0 Å². The van der Waals surface area contributed by atoms with E-state index in [9.17, 15) is 14.4 Å². The number of hydrogen-bond acceptors (Lipinski definition) is 6. The zero-order valence-electron chi connectivity index (χ0n) is 17.7. The Morgan fingerprint density at radius 1 is 1.06 bits per heavy atom. The summed E-state index contributed by atoms with van der Waals surface area (Å²) in [5.41, 5.74) is 3.22. The number of hydrogen-bond donors (Lipinski definition) is 0. The monoisotopic (exact) mass is 423 g/mol. The normalized spacial score (nSPS) is 24.2. The lowest BCUT2D eigenvalue weighted by atomic mass is 9.84. The van der Waals surface area contributed by atoms with E-state index in [0.717, 1.165) is 16.8 Å². The van der Waals surface area contributed by atoms with Crippen molar-refractivity contribution in [2.75, 3.05) is 11.5 Å². The van der Waals surface area contributed by atoms with E-state index in [-0.39, 0.29) is 18.6 Å². The summed E-state index contributed by atoms with van der Waals surface area (Å²) >= 11 is 0. The first-order chi connectivity index (χ1) is 14.8. The standard InChI is InChI=1S/C24H25NO6/c1-14-9-10-19-18(11-14)21-12-20(25(19)24(28)17-7-5-4-6-8-17)23(30-16(3)27)22(31-21)13-29-15(2)26/h4-11,20-23H,12-13H2,1-3H3/t20-,21-,22-,23+/m1/s1. The average Bonchev–Trinajstić information content (AvgIpc) is 2.74. The van der Waals surface area contributed by atoms with Crippen molar-refractivity contribution in [2.24, 2.45) is 0 Å². The van der Waals surface area contributed by atoms with Crippen molar-refractivity contribution in [3.05, 3.63) is 65.2 Å². The van der Waals surface area contributed by atoms with Crippen LogP contribution in [0.1, 0.15) is 47.9 Å². The molecule has 0 aliphatic carbocycles. The van der Waals surface area contributed by atoms with Gasteiger partial charge in [0.15, 0.2) is 6.10 Å². The molecule has 4 rings (SSSR count). The molecule has 2 aromatic rings. The molecule has 1 saturated heterocycles. The van der Waals surface area contributed by atoms with Gasteiger partial charge in [0.25, 0.3) is 5.91 Å². The van der Waals surface area contributed by atoms with Crippen LogP contribution in [0, 0.1) is 6.92 Å². The number of anilines is 1. The van der Waals surface area contributed by atoms with Gasteiger partial charge in [-0.15, -0.1) is 0 Å². The van der Waals surface area contributed by atoms with Crippen LogP contribution in [0.2, 0.25) is 0 Å². The number of carbonyl (C=O) groups excluding carboxylic acids is 3. The van der Waals surface area contributed by atoms with Crippen LogP contribution in [-0.4, -0.2) is 42.7 Å². The van der Waals surface area contributed by atoms with E-state index in [2.05, 4.69) is 0 Å². The van der Waals surface area contributed by atoms with E-state index >= 15 is 0 Å². The van der Waals surface area contributed by atoms with Crippen molar-refractivity contribution in [1.82, 2.24) is 0 Å². The Labute approximate surface area is 180 Å². The van der Waals surface area contributed by atoms with E-state index in [4.69, 9.17) is 14.2 Å². The number of esters is 2. The van der Waals surface area contributed by atoms with Crippen molar-refractivity contribution >= 4 is 23.5 Å². The van der Waals surface area contributed by atoms with Crippen molar-refractivity contribution in [3.63, 3.8) is 0 Å². The molecule has 2 aliphatic rings. The van der Waals surface area contributed by atoms with Gasteiger partial charge in [-0.3, -0.25) is 14.4 Å². The van der Waals surface area contributed by atoms with E-state index < -0.39 is 30.2 Å². The van der Waals surface area contributed by atoms with Gasteiger partial charge in [-0.05, 0) is 25.1 Å². The van der Waals surface area contributed by atoms with Crippen LogP contribution in [0.15, 0.2) is 48.5 Å². The fourth-order valence-corrected chi connectivity index (χ4v) is 4.39. The Kier molecular flexibility index (Phi) is 5.78. The minimum atomic E-state index is -0.768. The summed E-state index contributed by atoms with van der Waals surface area (Å²) in [6, 6.07) is 14.4. The molecule has 2 aromatic carbocycles. The van der Waals surface area contributed by atoms with Crippen LogP contribution in [-0.2, 0) is 23.8 Å². The summed E-state index contributed by atoms with van der Waals surface area (Å²) in [7, 11) is 0. The summed E-state index contributed by atoms with van der Waals surface area (Å²) in [5, 5.41) is 0. The molecule has 2 heterocycles. The van der Waals surface area contributed by atoms with Gasteiger partial charge in [0.1, 0.15) is 12.7 Å².